The van der Waals surface area contributed by atoms with Crippen LogP contribution in [0, 0.1) is 0 Å². The number of anilines is 1. The van der Waals surface area contributed by atoms with Crippen LogP contribution in [-0.2, 0) is 4.79 Å². The zero-order valence-corrected chi connectivity index (χ0v) is 13.8. The van der Waals surface area contributed by atoms with E-state index in [2.05, 4.69) is 15.5 Å². The molecule has 7 heteroatoms. The molecular formula is C14H13Cl2N3OS. The third-order valence-electron chi connectivity index (χ3n) is 2.56. The highest BCUT2D eigenvalue weighted by atomic mass is 35.5. The molecule has 1 amide bonds. The molecule has 4 nitrogen and oxygen atoms in total. The highest BCUT2D eigenvalue weighted by molar-refractivity contribution is 7.15. The molecular weight excluding hydrogens is 329 g/mol. The minimum atomic E-state index is -0.294. The number of hydrogen-bond donors (Lipinski definition) is 1. The SMILES string of the molecule is CC(C)c1nnc(NC(=O)/C=C/c2cccc(Cl)c2Cl)s1. The van der Waals surface area contributed by atoms with Gasteiger partial charge in [0, 0.05) is 12.0 Å². The predicted octanol–water partition coefficient (Wildman–Crippen LogP) is 4.62. The number of nitrogens with one attached hydrogen (secondary N) is 1. The molecule has 0 bridgehead atoms. The van der Waals surface area contributed by atoms with Gasteiger partial charge in [0.05, 0.1) is 10.0 Å². The molecule has 1 N–H and O–H groups in total. The van der Waals surface area contributed by atoms with Crippen molar-refractivity contribution >= 4 is 51.7 Å². The van der Waals surface area contributed by atoms with Crippen LogP contribution in [0.1, 0.15) is 30.3 Å². The van der Waals surface area contributed by atoms with Crippen LogP contribution in [-0.4, -0.2) is 16.1 Å². The van der Waals surface area contributed by atoms with Gasteiger partial charge in [-0.25, -0.2) is 0 Å². The maximum Gasteiger partial charge on any atom is 0.250 e. The van der Waals surface area contributed by atoms with Gasteiger partial charge >= 0.3 is 0 Å². The van der Waals surface area contributed by atoms with E-state index in [-0.39, 0.29) is 11.8 Å². The zero-order chi connectivity index (χ0) is 15.4. The third-order valence-corrected chi connectivity index (χ3v) is 4.53. The van der Waals surface area contributed by atoms with Gasteiger partial charge in [0.2, 0.25) is 11.0 Å². The first-order chi connectivity index (χ1) is 9.97. The Morgan fingerprint density at radius 2 is 2.10 bits per heavy atom. The predicted molar refractivity (Wildman–Crippen MR) is 88.1 cm³/mol. The number of halogens is 2. The number of carbonyl (C=O) groups is 1. The summed E-state index contributed by atoms with van der Waals surface area (Å²) in [7, 11) is 0. The van der Waals surface area contributed by atoms with Gasteiger partial charge in [-0.15, -0.1) is 10.2 Å². The Morgan fingerprint density at radius 1 is 1.33 bits per heavy atom. The summed E-state index contributed by atoms with van der Waals surface area (Å²) in [5.74, 6) is -0.00791. The number of benzene rings is 1. The minimum absolute atomic E-state index is 0.286. The fourth-order valence-electron chi connectivity index (χ4n) is 1.48. The molecule has 0 saturated heterocycles. The highest BCUT2D eigenvalue weighted by Crippen LogP contribution is 2.26. The van der Waals surface area contributed by atoms with Gasteiger partial charge in [0.1, 0.15) is 5.01 Å². The van der Waals surface area contributed by atoms with Crippen LogP contribution in [0.25, 0.3) is 6.08 Å². The number of rotatable bonds is 4. The van der Waals surface area contributed by atoms with E-state index in [1.807, 2.05) is 13.8 Å². The largest absolute Gasteiger partial charge is 0.297 e. The second kappa shape index (κ2) is 7.02. The number of amides is 1. The lowest BCUT2D eigenvalue weighted by molar-refractivity contribution is -0.111. The lowest BCUT2D eigenvalue weighted by Gasteiger charge is -2.00. The average Bonchev–Trinajstić information content (AvgIpc) is 2.89. The Labute approximate surface area is 136 Å². The summed E-state index contributed by atoms with van der Waals surface area (Å²) in [6, 6.07) is 5.24. The lowest BCUT2D eigenvalue weighted by Crippen LogP contribution is -2.07. The Bertz CT molecular complexity index is 683. The maximum absolute atomic E-state index is 11.8. The monoisotopic (exact) mass is 341 g/mol. The van der Waals surface area contributed by atoms with Crippen LogP contribution in [0.3, 0.4) is 0 Å². The van der Waals surface area contributed by atoms with Crippen LogP contribution in [0.5, 0.6) is 0 Å². The topological polar surface area (TPSA) is 54.9 Å². The number of hydrogen-bond acceptors (Lipinski definition) is 4. The molecule has 0 unspecified atom stereocenters. The number of aromatic nitrogens is 2. The molecule has 0 saturated carbocycles. The Kier molecular flexibility index (Phi) is 5.33. The first-order valence-corrected chi connectivity index (χ1v) is 7.81. The Morgan fingerprint density at radius 3 is 2.76 bits per heavy atom. The number of nitrogens with zero attached hydrogens (tertiary/aromatic N) is 2. The van der Waals surface area contributed by atoms with Crippen LogP contribution in [0.2, 0.25) is 10.0 Å². The molecule has 1 aromatic heterocycles. The molecule has 2 rings (SSSR count). The fraction of sp³-hybridized carbons (Fsp3) is 0.214. The van der Waals surface area contributed by atoms with Gasteiger partial charge in [0.25, 0.3) is 0 Å². The van der Waals surface area contributed by atoms with Crippen LogP contribution >= 0.6 is 34.5 Å². The van der Waals surface area contributed by atoms with Gasteiger partial charge in [-0.2, -0.15) is 0 Å². The lowest BCUT2D eigenvalue weighted by atomic mass is 10.2. The van der Waals surface area contributed by atoms with E-state index in [1.54, 1.807) is 24.3 Å². The van der Waals surface area contributed by atoms with Crippen LogP contribution in [0.15, 0.2) is 24.3 Å². The third kappa shape index (κ3) is 4.27. The normalized spacial score (nSPS) is 11.3. The van der Waals surface area contributed by atoms with E-state index in [0.717, 1.165) is 5.01 Å². The van der Waals surface area contributed by atoms with Gasteiger partial charge in [-0.1, -0.05) is 60.5 Å². The van der Waals surface area contributed by atoms with Crippen molar-refractivity contribution in [2.45, 2.75) is 19.8 Å². The van der Waals surface area contributed by atoms with E-state index in [0.29, 0.717) is 20.7 Å². The Hall–Kier alpha value is -1.43. The van der Waals surface area contributed by atoms with Gasteiger partial charge in [-0.3, -0.25) is 10.1 Å². The molecule has 21 heavy (non-hydrogen) atoms. The van der Waals surface area contributed by atoms with E-state index >= 15 is 0 Å². The van der Waals surface area contributed by atoms with E-state index in [4.69, 9.17) is 23.2 Å². The van der Waals surface area contributed by atoms with E-state index in [1.165, 1.54) is 17.4 Å². The van der Waals surface area contributed by atoms with Crippen molar-refractivity contribution in [3.05, 3.63) is 44.9 Å². The maximum atomic E-state index is 11.8. The molecule has 0 aliphatic carbocycles. The van der Waals surface area contributed by atoms with E-state index in [9.17, 15) is 4.79 Å². The summed E-state index contributed by atoms with van der Waals surface area (Å²) in [6.45, 7) is 4.04. The standard InChI is InChI=1S/C14H13Cl2N3OS/c1-8(2)13-18-19-14(21-13)17-11(20)7-6-9-4-3-5-10(15)12(9)16/h3-8H,1-2H3,(H,17,19,20)/b7-6+. The Balaban J connectivity index is 2.04. The molecule has 0 aliphatic heterocycles. The molecule has 1 heterocycles. The molecule has 0 fully saturated rings. The van der Waals surface area contributed by atoms with Crippen molar-refractivity contribution < 1.29 is 4.79 Å². The van der Waals surface area contributed by atoms with Crippen molar-refractivity contribution in [2.24, 2.45) is 0 Å². The summed E-state index contributed by atoms with van der Waals surface area (Å²) < 4.78 is 0. The average molecular weight is 342 g/mol. The van der Waals surface area contributed by atoms with Crippen molar-refractivity contribution in [1.82, 2.24) is 10.2 Å². The summed E-state index contributed by atoms with van der Waals surface area (Å²) in [4.78, 5) is 11.8. The van der Waals surface area contributed by atoms with Crippen molar-refractivity contribution in [3.8, 4) is 0 Å². The van der Waals surface area contributed by atoms with Gasteiger partial charge in [0.15, 0.2) is 0 Å². The van der Waals surface area contributed by atoms with Gasteiger partial charge in [-0.05, 0) is 17.7 Å². The molecule has 1 aromatic carbocycles. The minimum Gasteiger partial charge on any atom is -0.297 e. The summed E-state index contributed by atoms with van der Waals surface area (Å²) in [5.41, 5.74) is 0.680. The summed E-state index contributed by atoms with van der Waals surface area (Å²) >= 11 is 13.3. The van der Waals surface area contributed by atoms with Crippen molar-refractivity contribution in [3.63, 3.8) is 0 Å². The fourth-order valence-corrected chi connectivity index (χ4v) is 2.60. The molecule has 2 aromatic rings. The van der Waals surface area contributed by atoms with E-state index < -0.39 is 0 Å². The highest BCUT2D eigenvalue weighted by Gasteiger charge is 2.09. The summed E-state index contributed by atoms with van der Waals surface area (Å²) in [5, 5.41) is 12.8. The van der Waals surface area contributed by atoms with Crippen LogP contribution in [0.4, 0.5) is 5.13 Å². The van der Waals surface area contributed by atoms with Crippen molar-refractivity contribution in [2.75, 3.05) is 5.32 Å². The summed E-state index contributed by atoms with van der Waals surface area (Å²) in [6.07, 6.45) is 2.99. The molecule has 0 spiro atoms. The van der Waals surface area contributed by atoms with Crippen LogP contribution < -0.4 is 5.32 Å². The first-order valence-electron chi connectivity index (χ1n) is 6.24. The molecule has 0 atom stereocenters. The number of carbonyl (C=O) groups excluding carboxylic acids is 1. The first kappa shape index (κ1) is 15.9. The molecule has 0 radical (unpaired) electrons. The quantitative estimate of drug-likeness (QED) is 0.825. The second-order valence-electron chi connectivity index (χ2n) is 4.57. The molecule has 110 valence electrons. The molecule has 0 aliphatic rings. The smallest absolute Gasteiger partial charge is 0.250 e. The zero-order valence-electron chi connectivity index (χ0n) is 11.4. The van der Waals surface area contributed by atoms with Gasteiger partial charge < -0.3 is 0 Å². The van der Waals surface area contributed by atoms with Crippen molar-refractivity contribution in [1.29, 1.82) is 0 Å². The second-order valence-corrected chi connectivity index (χ2v) is 6.36.